The lowest BCUT2D eigenvalue weighted by atomic mass is 10.2. The lowest BCUT2D eigenvalue weighted by Crippen LogP contribution is -2.42. The van der Waals surface area contributed by atoms with Crippen LogP contribution in [0.1, 0.15) is 24.2 Å². The van der Waals surface area contributed by atoms with Crippen LogP contribution >= 0.6 is 0 Å². The van der Waals surface area contributed by atoms with Crippen LogP contribution in [0.3, 0.4) is 0 Å². The summed E-state index contributed by atoms with van der Waals surface area (Å²) in [6, 6.07) is 5.95. The van der Waals surface area contributed by atoms with Crippen molar-refractivity contribution in [2.24, 2.45) is 7.05 Å². The fourth-order valence-electron chi connectivity index (χ4n) is 4.10. The van der Waals surface area contributed by atoms with Gasteiger partial charge in [0.05, 0.1) is 41.9 Å². The predicted molar refractivity (Wildman–Crippen MR) is 120 cm³/mol. The van der Waals surface area contributed by atoms with Gasteiger partial charge in [0.2, 0.25) is 0 Å². The summed E-state index contributed by atoms with van der Waals surface area (Å²) in [5.41, 5.74) is -1.22. The van der Waals surface area contributed by atoms with Crippen LogP contribution in [-0.4, -0.2) is 45.0 Å². The molecule has 0 bridgehead atoms. The van der Waals surface area contributed by atoms with Gasteiger partial charge in [-0.05, 0) is 31.0 Å². The smallest absolute Gasteiger partial charge is 0.332 e. The number of anilines is 1. The van der Waals surface area contributed by atoms with Gasteiger partial charge in [-0.1, -0.05) is 5.16 Å². The molecule has 11 nitrogen and oxygen atoms in total. The summed E-state index contributed by atoms with van der Waals surface area (Å²) in [5.74, 6) is 0.399. The maximum absolute atomic E-state index is 13.7. The van der Waals surface area contributed by atoms with Crippen molar-refractivity contribution in [2.45, 2.75) is 31.5 Å². The van der Waals surface area contributed by atoms with Crippen LogP contribution in [0.15, 0.2) is 57.0 Å². The Bertz CT molecular complexity index is 1500. The fraction of sp³-hybridized carbons (Fsp3) is 0.333. The molecule has 5 rings (SSSR count). The van der Waals surface area contributed by atoms with Crippen LogP contribution < -0.4 is 15.6 Å². The zero-order valence-electron chi connectivity index (χ0n) is 18.1. The Balaban J connectivity index is 1.72. The number of aryl methyl sites for hydroxylation is 1. The van der Waals surface area contributed by atoms with E-state index in [0.29, 0.717) is 29.7 Å². The first kappa shape index (κ1) is 22.2. The average Bonchev–Trinajstić information content (AvgIpc) is 3.20. The van der Waals surface area contributed by atoms with Crippen LogP contribution in [0.2, 0.25) is 0 Å². The standard InChI is InChI=1S/C21H21FN6O5S/c1-25-10-14(9-23-25)11-27-19(29)17-8-15(28(34(31)32)21(13-22)5-6-21)2-3-18(17)26(20(27)30)12-16-4-7-24-33-16/h2-4,7-10H,5-6,11-13H2,1H3,(H,31,32)/p-1. The molecule has 1 aliphatic rings. The van der Waals surface area contributed by atoms with Gasteiger partial charge in [-0.2, -0.15) is 5.10 Å². The van der Waals surface area contributed by atoms with Crippen molar-refractivity contribution >= 4 is 27.9 Å². The van der Waals surface area contributed by atoms with Crippen molar-refractivity contribution in [1.82, 2.24) is 24.1 Å². The van der Waals surface area contributed by atoms with E-state index in [9.17, 15) is 22.7 Å². The van der Waals surface area contributed by atoms with Gasteiger partial charge in [0.1, 0.15) is 6.67 Å². The van der Waals surface area contributed by atoms with Crippen molar-refractivity contribution in [1.29, 1.82) is 0 Å². The van der Waals surface area contributed by atoms with Gasteiger partial charge in [0.15, 0.2) is 5.76 Å². The number of aromatic nitrogens is 5. The number of alkyl halides is 1. The highest BCUT2D eigenvalue weighted by atomic mass is 32.2. The second kappa shape index (κ2) is 8.33. The van der Waals surface area contributed by atoms with E-state index < -0.39 is 34.7 Å². The second-order valence-corrected chi connectivity index (χ2v) is 9.13. The Hall–Kier alpha value is -3.58. The Morgan fingerprint density at radius 2 is 2.03 bits per heavy atom. The summed E-state index contributed by atoms with van der Waals surface area (Å²) < 4.78 is 47.8. The highest BCUT2D eigenvalue weighted by molar-refractivity contribution is 7.80. The summed E-state index contributed by atoms with van der Waals surface area (Å²) in [6.45, 7) is -0.865. The molecule has 1 unspecified atom stereocenters. The van der Waals surface area contributed by atoms with Crippen molar-refractivity contribution in [2.75, 3.05) is 11.0 Å². The van der Waals surface area contributed by atoms with E-state index in [2.05, 4.69) is 10.3 Å². The fourth-order valence-corrected chi connectivity index (χ4v) is 4.93. The summed E-state index contributed by atoms with van der Waals surface area (Å²) in [6.07, 6.45) is 5.44. The number of hydrogen-bond donors (Lipinski definition) is 0. The molecule has 1 aromatic carbocycles. The number of nitrogens with zero attached hydrogens (tertiary/aromatic N) is 6. The molecule has 0 radical (unpaired) electrons. The molecule has 4 aromatic rings. The minimum absolute atomic E-state index is 0.00756. The van der Waals surface area contributed by atoms with Crippen LogP contribution in [-0.2, 0) is 31.4 Å². The van der Waals surface area contributed by atoms with Crippen molar-refractivity contribution in [3.05, 3.63) is 75.0 Å². The van der Waals surface area contributed by atoms with Gasteiger partial charge in [0, 0.05) is 41.8 Å². The van der Waals surface area contributed by atoms with Crippen LogP contribution in [0.25, 0.3) is 10.9 Å². The highest BCUT2D eigenvalue weighted by Gasteiger charge is 2.49. The first-order valence-corrected chi connectivity index (χ1v) is 11.5. The monoisotopic (exact) mass is 487 g/mol. The topological polar surface area (TPSA) is 131 Å². The maximum Gasteiger partial charge on any atom is 0.332 e. The first-order chi connectivity index (χ1) is 16.3. The molecule has 0 saturated heterocycles. The SMILES string of the molecule is Cn1cc(Cn2c(=O)c3cc(N(S(=O)[O-])C4(CF)CC4)ccc3n(Cc3ccno3)c2=O)cn1. The van der Waals surface area contributed by atoms with Crippen molar-refractivity contribution in [3.8, 4) is 0 Å². The van der Waals surface area contributed by atoms with Gasteiger partial charge >= 0.3 is 5.69 Å². The highest BCUT2D eigenvalue weighted by Crippen LogP contribution is 2.45. The number of hydrogen-bond acceptors (Lipinski definition) is 7. The molecular weight excluding hydrogens is 467 g/mol. The van der Waals surface area contributed by atoms with Gasteiger partial charge in [-0.15, -0.1) is 0 Å². The van der Waals surface area contributed by atoms with E-state index in [1.54, 1.807) is 30.2 Å². The third-order valence-electron chi connectivity index (χ3n) is 6.00. The predicted octanol–water partition coefficient (Wildman–Crippen LogP) is 1.08. The van der Waals surface area contributed by atoms with E-state index in [-0.39, 0.29) is 24.2 Å². The normalized spacial score (nSPS) is 15.5. The summed E-state index contributed by atoms with van der Waals surface area (Å²) in [7, 11) is 1.72. The molecule has 3 heterocycles. The first-order valence-electron chi connectivity index (χ1n) is 10.4. The van der Waals surface area contributed by atoms with Gasteiger partial charge in [0.25, 0.3) is 5.56 Å². The average molecular weight is 487 g/mol. The minimum Gasteiger partial charge on any atom is -0.755 e. The van der Waals surface area contributed by atoms with E-state index >= 15 is 0 Å². The summed E-state index contributed by atoms with van der Waals surface area (Å²) in [4.78, 5) is 26.8. The molecule has 0 amide bonds. The van der Waals surface area contributed by atoms with E-state index in [1.807, 2.05) is 0 Å². The van der Waals surface area contributed by atoms with Crippen molar-refractivity contribution in [3.63, 3.8) is 0 Å². The van der Waals surface area contributed by atoms with Crippen molar-refractivity contribution < 1.29 is 17.7 Å². The number of rotatable bonds is 8. The minimum atomic E-state index is -2.75. The number of benzene rings is 1. The number of fused-ring (bicyclic) bond motifs is 1. The third kappa shape index (κ3) is 3.76. The Morgan fingerprint density at radius 3 is 2.62 bits per heavy atom. The molecule has 1 aliphatic carbocycles. The van der Waals surface area contributed by atoms with Gasteiger partial charge in [-0.25, -0.2) is 9.18 Å². The molecule has 0 aliphatic heterocycles. The van der Waals surface area contributed by atoms with Crippen LogP contribution in [0.5, 0.6) is 0 Å². The van der Waals surface area contributed by atoms with E-state index in [1.165, 1.54) is 29.0 Å². The van der Waals surface area contributed by atoms with Crippen LogP contribution in [0, 0.1) is 0 Å². The van der Waals surface area contributed by atoms with Gasteiger partial charge < -0.3 is 9.08 Å². The zero-order valence-corrected chi connectivity index (χ0v) is 18.9. The molecule has 0 spiro atoms. The molecule has 178 valence electrons. The van der Waals surface area contributed by atoms with Crippen LogP contribution in [0.4, 0.5) is 10.1 Å². The Labute approximate surface area is 194 Å². The maximum atomic E-state index is 13.7. The molecular formula is C21H20FN6O5S-. The van der Waals surface area contributed by atoms with Gasteiger partial charge in [-0.3, -0.25) is 27.1 Å². The molecule has 3 aromatic heterocycles. The largest absolute Gasteiger partial charge is 0.755 e. The Kier molecular flexibility index (Phi) is 5.44. The lowest BCUT2D eigenvalue weighted by molar-refractivity contribution is 0.374. The quantitative estimate of drug-likeness (QED) is 0.340. The summed E-state index contributed by atoms with van der Waals surface area (Å²) in [5, 5.41) is 7.85. The lowest BCUT2D eigenvalue weighted by Gasteiger charge is -2.33. The van der Waals surface area contributed by atoms with E-state index in [0.717, 1.165) is 8.87 Å². The Morgan fingerprint density at radius 1 is 1.24 bits per heavy atom. The molecule has 34 heavy (non-hydrogen) atoms. The summed E-state index contributed by atoms with van der Waals surface area (Å²) >= 11 is -2.75. The second-order valence-electron chi connectivity index (χ2n) is 8.33. The molecule has 1 atom stereocenters. The third-order valence-corrected chi connectivity index (χ3v) is 6.90. The zero-order chi connectivity index (χ0) is 24.0. The molecule has 13 heteroatoms. The number of halogens is 1. The molecule has 1 fully saturated rings. The molecule has 0 N–H and O–H groups in total. The molecule has 1 saturated carbocycles. The van der Waals surface area contributed by atoms with E-state index in [4.69, 9.17) is 4.52 Å².